The third-order valence-corrected chi connectivity index (χ3v) is 5.16. The summed E-state index contributed by atoms with van der Waals surface area (Å²) in [6.45, 7) is 1.40. The maximum atomic E-state index is 12.9. The number of aromatic nitrogens is 4. The number of hydrogen-bond acceptors (Lipinski definition) is 6. The standard InChI is InChI=1S/C22H24N6O/c1-27(2)20-13-19(25-21(26-20)16-7-10-23-11-8-16)18-6-4-12-28(15-18)22(29)17-5-3-9-24-14-17/h3,5,7-11,13-14,18H,4,6,12,15H2,1-2H3/t18-/m0/s1. The summed E-state index contributed by atoms with van der Waals surface area (Å²) >= 11 is 0. The molecule has 0 saturated carbocycles. The molecule has 1 aliphatic rings. The summed E-state index contributed by atoms with van der Waals surface area (Å²) in [5.74, 6) is 1.74. The Labute approximate surface area is 170 Å². The molecule has 4 rings (SSSR count). The fourth-order valence-corrected chi connectivity index (χ4v) is 3.60. The molecule has 0 spiro atoms. The Balaban J connectivity index is 1.63. The second-order valence-electron chi connectivity index (χ2n) is 7.44. The van der Waals surface area contributed by atoms with Gasteiger partial charge in [0.15, 0.2) is 5.82 Å². The minimum absolute atomic E-state index is 0.0269. The number of amides is 1. The lowest BCUT2D eigenvalue weighted by Gasteiger charge is -2.33. The van der Waals surface area contributed by atoms with Gasteiger partial charge < -0.3 is 9.80 Å². The van der Waals surface area contributed by atoms with Crippen molar-refractivity contribution >= 4 is 11.7 Å². The second kappa shape index (κ2) is 8.34. The molecule has 29 heavy (non-hydrogen) atoms. The first-order chi connectivity index (χ1) is 14.1. The maximum absolute atomic E-state index is 12.9. The van der Waals surface area contributed by atoms with Crippen LogP contribution in [0, 0.1) is 0 Å². The summed E-state index contributed by atoms with van der Waals surface area (Å²) in [5, 5.41) is 0. The van der Waals surface area contributed by atoms with Crippen LogP contribution in [0.3, 0.4) is 0 Å². The average Bonchev–Trinajstić information content (AvgIpc) is 2.79. The van der Waals surface area contributed by atoms with E-state index in [2.05, 4.69) is 9.97 Å². The Hall–Kier alpha value is -3.35. The van der Waals surface area contributed by atoms with E-state index in [9.17, 15) is 4.79 Å². The molecular weight excluding hydrogens is 364 g/mol. The van der Waals surface area contributed by atoms with Gasteiger partial charge in [0.05, 0.1) is 11.3 Å². The summed E-state index contributed by atoms with van der Waals surface area (Å²) < 4.78 is 0. The Kier molecular flexibility index (Phi) is 5.46. The molecule has 3 aromatic heterocycles. The van der Waals surface area contributed by atoms with Gasteiger partial charge in [0.2, 0.25) is 0 Å². The lowest BCUT2D eigenvalue weighted by atomic mass is 9.93. The highest BCUT2D eigenvalue weighted by atomic mass is 16.2. The van der Waals surface area contributed by atoms with E-state index in [0.29, 0.717) is 17.9 Å². The zero-order valence-corrected chi connectivity index (χ0v) is 16.7. The molecule has 3 aromatic rings. The Morgan fingerprint density at radius 3 is 2.66 bits per heavy atom. The number of carbonyl (C=O) groups is 1. The van der Waals surface area contributed by atoms with E-state index in [1.165, 1.54) is 0 Å². The number of likely N-dealkylation sites (tertiary alicyclic amines) is 1. The van der Waals surface area contributed by atoms with Crippen LogP contribution in [0.5, 0.6) is 0 Å². The van der Waals surface area contributed by atoms with Crippen molar-refractivity contribution in [2.45, 2.75) is 18.8 Å². The van der Waals surface area contributed by atoms with Gasteiger partial charge in [-0.3, -0.25) is 14.8 Å². The highest BCUT2D eigenvalue weighted by molar-refractivity contribution is 5.94. The minimum Gasteiger partial charge on any atom is -0.363 e. The molecule has 1 aliphatic heterocycles. The Bertz CT molecular complexity index is 977. The number of hydrogen-bond donors (Lipinski definition) is 0. The fraction of sp³-hybridized carbons (Fsp3) is 0.318. The van der Waals surface area contributed by atoms with Gasteiger partial charge >= 0.3 is 0 Å². The predicted molar refractivity (Wildman–Crippen MR) is 112 cm³/mol. The van der Waals surface area contributed by atoms with Crippen LogP contribution in [-0.2, 0) is 0 Å². The second-order valence-corrected chi connectivity index (χ2v) is 7.44. The first-order valence-electron chi connectivity index (χ1n) is 9.78. The van der Waals surface area contributed by atoms with Crippen molar-refractivity contribution in [3.8, 4) is 11.4 Å². The molecule has 1 amide bonds. The molecule has 0 aromatic carbocycles. The summed E-state index contributed by atoms with van der Waals surface area (Å²) in [4.78, 5) is 34.5. The van der Waals surface area contributed by atoms with Gasteiger partial charge in [-0.2, -0.15) is 0 Å². The molecule has 0 N–H and O–H groups in total. The lowest BCUT2D eigenvalue weighted by Crippen LogP contribution is -2.39. The van der Waals surface area contributed by atoms with Gasteiger partial charge in [0, 0.05) is 69.5 Å². The van der Waals surface area contributed by atoms with E-state index in [1.807, 2.05) is 48.2 Å². The van der Waals surface area contributed by atoms with E-state index < -0.39 is 0 Å². The number of nitrogens with zero attached hydrogens (tertiary/aromatic N) is 6. The van der Waals surface area contributed by atoms with Crippen LogP contribution in [0.15, 0.2) is 55.1 Å². The number of pyridine rings is 2. The van der Waals surface area contributed by atoms with Crippen LogP contribution in [0.1, 0.15) is 34.8 Å². The van der Waals surface area contributed by atoms with Gasteiger partial charge in [-0.1, -0.05) is 0 Å². The zero-order chi connectivity index (χ0) is 20.2. The number of rotatable bonds is 4. The number of anilines is 1. The van der Waals surface area contributed by atoms with Gasteiger partial charge in [0.1, 0.15) is 5.82 Å². The van der Waals surface area contributed by atoms with Crippen molar-refractivity contribution in [1.82, 2.24) is 24.8 Å². The van der Waals surface area contributed by atoms with Crippen LogP contribution >= 0.6 is 0 Å². The van der Waals surface area contributed by atoms with Crippen LogP contribution in [0.25, 0.3) is 11.4 Å². The first kappa shape index (κ1) is 19.0. The molecule has 1 fully saturated rings. The Morgan fingerprint density at radius 1 is 1.10 bits per heavy atom. The largest absolute Gasteiger partial charge is 0.363 e. The number of piperidine rings is 1. The molecule has 1 atom stereocenters. The van der Waals surface area contributed by atoms with Crippen molar-refractivity contribution in [3.05, 3.63) is 66.4 Å². The van der Waals surface area contributed by atoms with Crippen LogP contribution < -0.4 is 4.90 Å². The third-order valence-electron chi connectivity index (χ3n) is 5.16. The van der Waals surface area contributed by atoms with Crippen LogP contribution in [-0.4, -0.2) is 57.9 Å². The van der Waals surface area contributed by atoms with E-state index in [1.54, 1.807) is 30.9 Å². The summed E-state index contributed by atoms with van der Waals surface area (Å²) in [5.41, 5.74) is 2.53. The topological polar surface area (TPSA) is 75.1 Å². The number of carbonyl (C=O) groups excluding carboxylic acids is 1. The van der Waals surface area contributed by atoms with Crippen LogP contribution in [0.4, 0.5) is 5.82 Å². The molecule has 0 bridgehead atoms. The minimum atomic E-state index is 0.0269. The smallest absolute Gasteiger partial charge is 0.255 e. The molecule has 7 nitrogen and oxygen atoms in total. The van der Waals surface area contributed by atoms with E-state index in [-0.39, 0.29) is 11.8 Å². The maximum Gasteiger partial charge on any atom is 0.255 e. The molecule has 0 unspecified atom stereocenters. The molecule has 7 heteroatoms. The van der Waals surface area contributed by atoms with Crippen LogP contribution in [0.2, 0.25) is 0 Å². The van der Waals surface area contributed by atoms with Crippen molar-refractivity contribution < 1.29 is 4.79 Å². The van der Waals surface area contributed by atoms with Gasteiger partial charge in [-0.05, 0) is 37.1 Å². The van der Waals surface area contributed by atoms with E-state index in [4.69, 9.17) is 9.97 Å². The molecule has 148 valence electrons. The molecule has 4 heterocycles. The summed E-state index contributed by atoms with van der Waals surface area (Å²) in [7, 11) is 3.95. The SMILES string of the molecule is CN(C)c1cc([C@H]2CCCN(C(=O)c3cccnc3)C2)nc(-c2ccncc2)n1. The monoisotopic (exact) mass is 388 g/mol. The third kappa shape index (κ3) is 4.23. The van der Waals surface area contributed by atoms with Gasteiger partial charge in [-0.15, -0.1) is 0 Å². The van der Waals surface area contributed by atoms with Crippen molar-refractivity contribution in [3.63, 3.8) is 0 Å². The van der Waals surface area contributed by atoms with Crippen molar-refractivity contribution in [2.24, 2.45) is 0 Å². The van der Waals surface area contributed by atoms with Gasteiger partial charge in [-0.25, -0.2) is 9.97 Å². The summed E-state index contributed by atoms with van der Waals surface area (Å²) in [6.07, 6.45) is 8.74. The normalized spacial score (nSPS) is 16.5. The van der Waals surface area contributed by atoms with Gasteiger partial charge in [0.25, 0.3) is 5.91 Å². The van der Waals surface area contributed by atoms with Crippen molar-refractivity contribution in [1.29, 1.82) is 0 Å². The highest BCUT2D eigenvalue weighted by Crippen LogP contribution is 2.30. The lowest BCUT2D eigenvalue weighted by molar-refractivity contribution is 0.0705. The van der Waals surface area contributed by atoms with Crippen molar-refractivity contribution in [2.75, 3.05) is 32.1 Å². The molecule has 0 aliphatic carbocycles. The molecule has 1 saturated heterocycles. The molecule has 0 radical (unpaired) electrons. The quantitative estimate of drug-likeness (QED) is 0.684. The van der Waals surface area contributed by atoms with E-state index in [0.717, 1.165) is 36.5 Å². The average molecular weight is 388 g/mol. The zero-order valence-electron chi connectivity index (χ0n) is 16.7. The van der Waals surface area contributed by atoms with E-state index >= 15 is 0 Å². The predicted octanol–water partition coefficient (Wildman–Crippen LogP) is 3.02. The highest BCUT2D eigenvalue weighted by Gasteiger charge is 2.27. The first-order valence-corrected chi connectivity index (χ1v) is 9.78. The summed E-state index contributed by atoms with van der Waals surface area (Å²) in [6, 6.07) is 9.47. The molecular formula is C22H24N6O. The fourth-order valence-electron chi connectivity index (χ4n) is 3.60. The Morgan fingerprint density at radius 2 is 1.93 bits per heavy atom.